The molecule has 0 spiro atoms. The van der Waals surface area contributed by atoms with E-state index in [9.17, 15) is 9.90 Å². The molecule has 1 aromatic heterocycles. The second kappa shape index (κ2) is 5.16. The number of aliphatic hydroxyl groups is 2. The molecule has 96 valence electrons. The molecular weight excluding hydrogens is 236 g/mol. The van der Waals surface area contributed by atoms with Crippen molar-refractivity contribution >= 4 is 17.0 Å². The maximum atomic E-state index is 10.9. The van der Waals surface area contributed by atoms with Crippen LogP contribution in [-0.4, -0.2) is 43.6 Å². The first kappa shape index (κ1) is 12.5. The molecule has 6 nitrogen and oxygen atoms in total. The van der Waals surface area contributed by atoms with Crippen LogP contribution in [-0.2, 0) is 6.54 Å². The lowest BCUT2D eigenvalue weighted by Gasteiger charge is -2.10. The highest BCUT2D eigenvalue weighted by Gasteiger charge is 2.10. The number of imidazole rings is 1. The zero-order valence-electron chi connectivity index (χ0n) is 9.65. The summed E-state index contributed by atoms with van der Waals surface area (Å²) in [6.07, 6.45) is 1.15. The third-order valence-corrected chi connectivity index (χ3v) is 2.74. The fourth-order valence-corrected chi connectivity index (χ4v) is 1.80. The number of hydrogen-bond donors (Lipinski definition) is 3. The second-order valence-corrected chi connectivity index (χ2v) is 4.07. The van der Waals surface area contributed by atoms with E-state index in [0.717, 1.165) is 0 Å². The summed E-state index contributed by atoms with van der Waals surface area (Å²) in [6.45, 7) is 0.189. The van der Waals surface area contributed by atoms with E-state index in [1.54, 1.807) is 17.0 Å². The summed E-state index contributed by atoms with van der Waals surface area (Å²) in [4.78, 5) is 15.0. The normalized spacial score (nSPS) is 12.8. The molecule has 1 heterocycles. The molecule has 0 amide bonds. The van der Waals surface area contributed by atoms with Gasteiger partial charge in [-0.05, 0) is 24.6 Å². The summed E-state index contributed by atoms with van der Waals surface area (Å²) in [5.74, 6) is -0.999. The number of benzene rings is 1. The topological polar surface area (TPSA) is 95.6 Å². The van der Waals surface area contributed by atoms with Crippen molar-refractivity contribution in [1.29, 1.82) is 0 Å². The molecule has 0 radical (unpaired) electrons. The Hall–Kier alpha value is -1.92. The number of aromatic nitrogens is 2. The maximum absolute atomic E-state index is 10.9. The third-order valence-electron chi connectivity index (χ3n) is 2.74. The number of aromatic carboxylic acids is 1. The predicted octanol–water partition coefficient (Wildman–Crippen LogP) is 0.478. The molecule has 1 atom stereocenters. The molecule has 0 saturated carbocycles. The zero-order chi connectivity index (χ0) is 13.1. The number of carboxylic acids is 1. The molecule has 0 saturated heterocycles. The summed E-state index contributed by atoms with van der Waals surface area (Å²) in [7, 11) is 0. The Morgan fingerprint density at radius 1 is 1.44 bits per heavy atom. The molecule has 0 bridgehead atoms. The van der Waals surface area contributed by atoms with Crippen LogP contribution in [0.1, 0.15) is 16.8 Å². The van der Waals surface area contributed by atoms with Gasteiger partial charge >= 0.3 is 5.97 Å². The van der Waals surface area contributed by atoms with Gasteiger partial charge in [-0.1, -0.05) is 0 Å². The standard InChI is InChI=1S/C12H14N2O4/c15-4-3-9(16)6-14-7-13-10-2-1-8(12(17)18)5-11(10)14/h1-2,5,7,9,15-16H,3-4,6H2,(H,17,18)/t9-/m0/s1. The van der Waals surface area contributed by atoms with Crippen LogP contribution in [0.5, 0.6) is 0 Å². The highest BCUT2D eigenvalue weighted by Crippen LogP contribution is 2.16. The van der Waals surface area contributed by atoms with Crippen molar-refractivity contribution in [2.75, 3.05) is 6.61 Å². The van der Waals surface area contributed by atoms with E-state index in [-0.39, 0.29) is 25.1 Å². The van der Waals surface area contributed by atoms with Gasteiger partial charge in [0.2, 0.25) is 0 Å². The fraction of sp³-hybridized carbons (Fsp3) is 0.333. The number of rotatable bonds is 5. The number of carbonyl (C=O) groups is 1. The van der Waals surface area contributed by atoms with Gasteiger partial charge in [0.15, 0.2) is 0 Å². The Bertz CT molecular complexity index is 564. The maximum Gasteiger partial charge on any atom is 0.335 e. The van der Waals surface area contributed by atoms with Crippen molar-refractivity contribution in [3.63, 3.8) is 0 Å². The van der Waals surface area contributed by atoms with Crippen molar-refractivity contribution in [2.45, 2.75) is 19.1 Å². The molecule has 6 heteroatoms. The van der Waals surface area contributed by atoms with E-state index in [2.05, 4.69) is 4.98 Å². The number of hydrogen-bond acceptors (Lipinski definition) is 4. The Labute approximate surface area is 103 Å². The van der Waals surface area contributed by atoms with Gasteiger partial charge in [0.25, 0.3) is 0 Å². The van der Waals surface area contributed by atoms with E-state index in [1.165, 1.54) is 12.1 Å². The number of aliphatic hydroxyl groups excluding tert-OH is 2. The molecule has 2 aromatic rings. The first-order chi connectivity index (χ1) is 8.61. The quantitative estimate of drug-likeness (QED) is 0.717. The summed E-state index contributed by atoms with van der Waals surface area (Å²) in [5, 5.41) is 27.3. The molecule has 0 fully saturated rings. The van der Waals surface area contributed by atoms with Crippen LogP contribution in [0.4, 0.5) is 0 Å². The van der Waals surface area contributed by atoms with Gasteiger partial charge in [-0.3, -0.25) is 0 Å². The lowest BCUT2D eigenvalue weighted by atomic mass is 10.2. The van der Waals surface area contributed by atoms with E-state index < -0.39 is 12.1 Å². The largest absolute Gasteiger partial charge is 0.478 e. The Morgan fingerprint density at radius 2 is 2.22 bits per heavy atom. The van der Waals surface area contributed by atoms with Crippen molar-refractivity contribution in [1.82, 2.24) is 9.55 Å². The van der Waals surface area contributed by atoms with Gasteiger partial charge in [-0.2, -0.15) is 0 Å². The summed E-state index contributed by atoms with van der Waals surface area (Å²) < 4.78 is 1.68. The monoisotopic (exact) mass is 250 g/mol. The number of fused-ring (bicyclic) bond motifs is 1. The van der Waals surface area contributed by atoms with Crippen LogP contribution < -0.4 is 0 Å². The van der Waals surface area contributed by atoms with Gasteiger partial charge in [0.05, 0.1) is 35.6 Å². The molecule has 18 heavy (non-hydrogen) atoms. The van der Waals surface area contributed by atoms with Crippen LogP contribution in [0.25, 0.3) is 11.0 Å². The molecule has 0 aliphatic heterocycles. The molecule has 0 unspecified atom stereocenters. The first-order valence-corrected chi connectivity index (χ1v) is 5.59. The Morgan fingerprint density at radius 3 is 2.89 bits per heavy atom. The highest BCUT2D eigenvalue weighted by atomic mass is 16.4. The van der Waals surface area contributed by atoms with Crippen LogP contribution in [0.15, 0.2) is 24.5 Å². The summed E-state index contributed by atoms with van der Waals surface area (Å²) in [5.41, 5.74) is 1.52. The SMILES string of the molecule is O=C(O)c1ccc2ncn(C[C@@H](O)CCO)c2c1. The molecule has 2 rings (SSSR count). The minimum absolute atomic E-state index is 0.0891. The van der Waals surface area contributed by atoms with Gasteiger partial charge in [-0.25, -0.2) is 9.78 Å². The van der Waals surface area contributed by atoms with E-state index >= 15 is 0 Å². The molecular formula is C12H14N2O4. The fourth-order valence-electron chi connectivity index (χ4n) is 1.80. The molecule has 1 aromatic carbocycles. The Kier molecular flexibility index (Phi) is 3.59. The van der Waals surface area contributed by atoms with E-state index in [1.807, 2.05) is 0 Å². The Balaban J connectivity index is 2.33. The van der Waals surface area contributed by atoms with Gasteiger partial charge < -0.3 is 19.9 Å². The van der Waals surface area contributed by atoms with Crippen molar-refractivity contribution < 1.29 is 20.1 Å². The van der Waals surface area contributed by atoms with Crippen LogP contribution in [0, 0.1) is 0 Å². The predicted molar refractivity (Wildman–Crippen MR) is 64.4 cm³/mol. The summed E-state index contributed by atoms with van der Waals surface area (Å²) >= 11 is 0. The average molecular weight is 250 g/mol. The average Bonchev–Trinajstić information content (AvgIpc) is 2.72. The summed E-state index contributed by atoms with van der Waals surface area (Å²) in [6, 6.07) is 4.65. The van der Waals surface area contributed by atoms with Gasteiger partial charge in [0, 0.05) is 6.61 Å². The van der Waals surface area contributed by atoms with Crippen LogP contribution >= 0.6 is 0 Å². The van der Waals surface area contributed by atoms with Crippen LogP contribution in [0.2, 0.25) is 0 Å². The zero-order valence-corrected chi connectivity index (χ0v) is 9.65. The van der Waals surface area contributed by atoms with Crippen molar-refractivity contribution in [2.24, 2.45) is 0 Å². The van der Waals surface area contributed by atoms with E-state index in [0.29, 0.717) is 11.0 Å². The highest BCUT2D eigenvalue weighted by molar-refractivity contribution is 5.92. The molecule has 3 N–H and O–H groups in total. The van der Waals surface area contributed by atoms with Gasteiger partial charge in [-0.15, -0.1) is 0 Å². The first-order valence-electron chi connectivity index (χ1n) is 5.59. The minimum Gasteiger partial charge on any atom is -0.478 e. The lowest BCUT2D eigenvalue weighted by molar-refractivity contribution is 0.0697. The van der Waals surface area contributed by atoms with Crippen LogP contribution in [0.3, 0.4) is 0 Å². The second-order valence-electron chi connectivity index (χ2n) is 4.07. The van der Waals surface area contributed by atoms with Crippen molar-refractivity contribution in [3.05, 3.63) is 30.1 Å². The van der Waals surface area contributed by atoms with Gasteiger partial charge in [0.1, 0.15) is 0 Å². The minimum atomic E-state index is -0.999. The van der Waals surface area contributed by atoms with Crippen molar-refractivity contribution in [3.8, 4) is 0 Å². The smallest absolute Gasteiger partial charge is 0.335 e. The number of nitrogens with zero attached hydrogens (tertiary/aromatic N) is 2. The lowest BCUT2D eigenvalue weighted by Crippen LogP contribution is -2.16. The molecule has 0 aliphatic rings. The number of carboxylic acid groups (broad SMARTS) is 1. The molecule has 0 aliphatic carbocycles. The third kappa shape index (κ3) is 2.49. The van der Waals surface area contributed by atoms with E-state index in [4.69, 9.17) is 10.2 Å².